The first-order valence-corrected chi connectivity index (χ1v) is 34.9. The smallest absolute Gasteiger partial charge is 0.350 e. The van der Waals surface area contributed by atoms with Crippen LogP contribution >= 0.6 is 23.2 Å². The van der Waals surface area contributed by atoms with Gasteiger partial charge < -0.3 is 53.8 Å². The number of nitrogens with zero attached hydrogens (tertiary/aromatic N) is 14. The molecule has 14 rings (SSSR count). The molecule has 4 fully saturated rings. The van der Waals surface area contributed by atoms with Gasteiger partial charge in [-0.15, -0.1) is 0 Å². The molecule has 0 saturated carbocycles. The number of hydrogen-bond donors (Lipinski definition) is 1. The highest BCUT2D eigenvalue weighted by atomic mass is 35.5. The summed E-state index contributed by atoms with van der Waals surface area (Å²) >= 11 is 12.7. The van der Waals surface area contributed by atoms with Crippen LogP contribution in [0.2, 0.25) is 10.0 Å². The maximum atomic E-state index is 12.8. The summed E-state index contributed by atoms with van der Waals surface area (Å²) in [6.45, 7) is 16.5. The normalized spacial score (nSPS) is 19.7. The van der Waals surface area contributed by atoms with Crippen molar-refractivity contribution in [2.75, 3.05) is 98.4 Å². The largest absolute Gasteiger partial charge is 0.491 e. The van der Waals surface area contributed by atoms with E-state index in [2.05, 4.69) is 98.7 Å². The summed E-state index contributed by atoms with van der Waals surface area (Å²) in [4.78, 5) is 46.8. The number of carbonyl (C=O) groups is 1. The van der Waals surface area contributed by atoms with Crippen LogP contribution in [-0.2, 0) is 43.4 Å². The van der Waals surface area contributed by atoms with Gasteiger partial charge >= 0.3 is 11.4 Å². The zero-order valence-electron chi connectivity index (χ0n) is 56.8. The van der Waals surface area contributed by atoms with E-state index >= 15 is 0 Å². The van der Waals surface area contributed by atoms with Crippen LogP contribution in [0.1, 0.15) is 85.2 Å². The van der Waals surface area contributed by atoms with E-state index in [-0.39, 0.29) is 35.7 Å². The molecule has 10 aromatic rings. The van der Waals surface area contributed by atoms with E-state index < -0.39 is 17.5 Å². The van der Waals surface area contributed by atoms with Crippen LogP contribution in [0.5, 0.6) is 11.5 Å². The fraction of sp³-hybridized carbons (Fsp3) is 0.347. The number of carbonyl (C=O) groups excluding carboxylic acids is 1. The van der Waals surface area contributed by atoms with Crippen LogP contribution in [0.15, 0.2) is 199 Å². The number of ether oxygens (including phenoxy) is 6. The van der Waals surface area contributed by atoms with Gasteiger partial charge in [-0.25, -0.2) is 28.1 Å². The van der Waals surface area contributed by atoms with Gasteiger partial charge in [0.25, 0.3) is 0 Å². The molecule has 24 nitrogen and oxygen atoms in total. The van der Waals surface area contributed by atoms with Gasteiger partial charge in [-0.1, -0.05) is 49.2 Å². The first-order chi connectivity index (χ1) is 49.1. The Morgan fingerprint density at radius 2 is 0.871 bits per heavy atom. The monoisotopic (exact) mass is 1410 g/mol. The molecule has 101 heavy (non-hydrogen) atoms. The second-order valence-corrected chi connectivity index (χ2v) is 26.5. The highest BCUT2D eigenvalue weighted by Gasteiger charge is 2.45. The summed E-state index contributed by atoms with van der Waals surface area (Å²) in [5, 5.41) is 25.4. The highest BCUT2D eigenvalue weighted by molar-refractivity contribution is 6.34. The zero-order chi connectivity index (χ0) is 70.0. The molecule has 6 atom stereocenters. The third-order valence-corrected chi connectivity index (χ3v) is 19.5. The van der Waals surface area contributed by atoms with Crippen molar-refractivity contribution in [1.29, 1.82) is 0 Å². The van der Waals surface area contributed by atoms with Crippen molar-refractivity contribution in [1.82, 2.24) is 49.1 Å². The molecule has 4 aromatic heterocycles. The minimum Gasteiger partial charge on any atom is -0.491 e. The molecule has 2 unspecified atom stereocenters. The molecular weight excluding hydrogens is 1330 g/mol. The number of primary amides is 1. The van der Waals surface area contributed by atoms with Crippen LogP contribution in [0.4, 0.5) is 22.7 Å². The lowest BCUT2D eigenvalue weighted by Crippen LogP contribution is -2.46. The molecule has 4 aliphatic rings. The van der Waals surface area contributed by atoms with Crippen molar-refractivity contribution < 1.29 is 33.2 Å². The minimum atomic E-state index is -1.09. The topological polar surface area (TPSA) is 243 Å². The number of amides is 1. The summed E-state index contributed by atoms with van der Waals surface area (Å²) in [7, 11) is 0. The molecule has 2 N–H and O–H groups in total. The van der Waals surface area contributed by atoms with Crippen molar-refractivity contribution >= 4 is 51.9 Å². The van der Waals surface area contributed by atoms with E-state index in [1.807, 2.05) is 113 Å². The van der Waals surface area contributed by atoms with E-state index in [0.29, 0.717) is 54.9 Å². The lowest BCUT2D eigenvalue weighted by molar-refractivity contribution is -0.178. The number of halogens is 2. The molecule has 0 spiro atoms. The molecule has 524 valence electrons. The number of rotatable bonds is 23. The van der Waals surface area contributed by atoms with Gasteiger partial charge in [0.05, 0.1) is 49.1 Å². The van der Waals surface area contributed by atoms with Crippen LogP contribution in [0, 0.1) is 0 Å². The Balaban J connectivity index is 0.000000181. The molecule has 26 heteroatoms. The summed E-state index contributed by atoms with van der Waals surface area (Å²) < 4.78 is 44.3. The molecule has 0 aliphatic carbocycles. The number of nitrogens with two attached hydrogens (primary N) is 1. The Kier molecular flexibility index (Phi) is 21.5. The molecule has 4 saturated heterocycles. The lowest BCUT2D eigenvalue weighted by atomic mass is 9.97. The maximum Gasteiger partial charge on any atom is 0.350 e. The predicted molar refractivity (Wildman–Crippen MR) is 386 cm³/mol. The first-order valence-electron chi connectivity index (χ1n) is 34.1. The molecule has 1 amide bonds. The number of benzene rings is 6. The molecule has 6 aromatic carbocycles. The van der Waals surface area contributed by atoms with Gasteiger partial charge in [-0.05, 0) is 177 Å². The van der Waals surface area contributed by atoms with Gasteiger partial charge in [0.15, 0.2) is 11.6 Å². The van der Waals surface area contributed by atoms with Gasteiger partial charge in [0.1, 0.15) is 49.6 Å². The quantitative estimate of drug-likeness (QED) is 0.0626. The van der Waals surface area contributed by atoms with Gasteiger partial charge in [-0.2, -0.15) is 30.6 Å². The summed E-state index contributed by atoms with van der Waals surface area (Å²) in [6, 6.07) is 48.7. The Hall–Kier alpha value is -9.95. The second-order valence-electron chi connectivity index (χ2n) is 25.6. The number of piperazine rings is 2. The number of aromatic nitrogens is 10. The number of hydrogen-bond acceptors (Lipinski definition) is 19. The van der Waals surface area contributed by atoms with E-state index in [1.165, 1.54) is 4.68 Å². The molecular formula is C75H81Cl2N15O9. The SMILES string of the molecule is CCC(C)n1ncn(-c2ccc(N3CCN(c4ccc(OC[C@@H]5CO[C@](Cc6ccnnc6)(c6cc(Cl)cc(Cl)c6)O5)cc4)CC3)cc2)c1=O.CCC(C)n1ncn(-c2ccc(N3CCN(c4ccc(OC[C@@H]5CO[C@](Cc6ccnnc6)(c6ccc(C(N)=O)cc6)O5)cc4)CC3)cc2)c1=O. The average Bonchev–Trinajstić information content (AvgIpc) is 1.71. The predicted octanol–water partition coefficient (Wildman–Crippen LogP) is 10.4. The molecule has 0 bridgehead atoms. The number of anilines is 4. The van der Waals surface area contributed by atoms with Crippen molar-refractivity contribution in [2.24, 2.45) is 5.73 Å². The Morgan fingerprint density at radius 1 is 0.505 bits per heavy atom. The van der Waals surface area contributed by atoms with Gasteiger partial charge in [0, 0.05) is 127 Å². The third-order valence-electron chi connectivity index (χ3n) is 19.0. The van der Waals surface area contributed by atoms with Crippen LogP contribution in [0.3, 0.4) is 0 Å². The standard InChI is InChI=1S/C38H42N8O5.C37H39Cl2N7O4/c1-3-27(2)46-37(48)45(26-42-46)33-10-8-31(9-11-33)43-18-20-44(21-19-43)32-12-14-34(15-13-32)49-24-35-25-50-38(51-35,22-28-16-17-40-41-23-28)30-6-4-29(5-7-30)36(39)47;1-3-26(2)46-36(47)45(25-42-46)33-6-4-31(5-7-33)43-14-16-44(17-15-43)32-8-10-34(11-9-32)48-23-35-24-49-37(50-35,21-27-12-13-40-41-22-27)28-18-29(38)20-30(39)19-28/h4-17,23,26-27,35H,3,18-22,24-25H2,1-2H3,(H2,39,47);4-13,18-20,22,25-26,35H,3,14-17,21,23-24H2,1-2H3/t27?,35-,38+;26?,35-,37+/m11/s1. The maximum absolute atomic E-state index is 12.8. The van der Waals surface area contributed by atoms with Crippen molar-refractivity contribution in [3.63, 3.8) is 0 Å². The fourth-order valence-corrected chi connectivity index (χ4v) is 13.5. The Bertz CT molecular complexity index is 4480. The van der Waals surface area contributed by atoms with Crippen LogP contribution < -0.4 is 46.2 Å². The summed E-state index contributed by atoms with van der Waals surface area (Å²) in [5.41, 5.74) is 15.1. The second kappa shape index (κ2) is 31.3. The fourth-order valence-electron chi connectivity index (χ4n) is 12.9. The summed E-state index contributed by atoms with van der Waals surface area (Å²) in [5.74, 6) is -1.15. The van der Waals surface area contributed by atoms with E-state index in [1.54, 1.807) is 69.5 Å². The van der Waals surface area contributed by atoms with Crippen molar-refractivity contribution in [3.8, 4) is 22.9 Å². The summed E-state index contributed by atoms with van der Waals surface area (Å²) in [6.07, 6.45) is 11.7. The average molecular weight is 1410 g/mol. The van der Waals surface area contributed by atoms with Gasteiger partial charge in [0.2, 0.25) is 5.91 Å². The van der Waals surface area contributed by atoms with Crippen molar-refractivity contribution in [2.45, 2.75) is 89.2 Å². The lowest BCUT2D eigenvalue weighted by Gasteiger charge is -2.37. The minimum absolute atomic E-state index is 0.0608. The van der Waals surface area contributed by atoms with Crippen molar-refractivity contribution in [3.05, 3.63) is 248 Å². The van der Waals surface area contributed by atoms with Crippen LogP contribution in [-0.4, -0.2) is 146 Å². The Morgan fingerprint density at radius 3 is 1.23 bits per heavy atom. The first kappa shape index (κ1) is 69.5. The Labute approximate surface area is 595 Å². The molecule has 8 heterocycles. The van der Waals surface area contributed by atoms with E-state index in [0.717, 1.165) is 133 Å². The van der Waals surface area contributed by atoms with Gasteiger partial charge in [-0.3, -0.25) is 4.79 Å². The molecule has 0 radical (unpaired) electrons. The van der Waals surface area contributed by atoms with E-state index in [4.69, 9.17) is 57.4 Å². The molecule has 4 aliphatic heterocycles. The van der Waals surface area contributed by atoms with Crippen LogP contribution in [0.25, 0.3) is 11.4 Å². The van der Waals surface area contributed by atoms with E-state index in [9.17, 15) is 14.4 Å². The zero-order valence-corrected chi connectivity index (χ0v) is 58.3. The third kappa shape index (κ3) is 16.1. The highest BCUT2D eigenvalue weighted by Crippen LogP contribution is 2.41.